The number of Topliss-reactive ketones (excluding diaryl/α,β-unsaturated/α-hetero) is 1. The monoisotopic (exact) mass is 196 g/mol. The molecule has 0 aromatic carbocycles. The molecule has 4 heteroatoms. The molecule has 1 amide bonds. The zero-order valence-electron chi connectivity index (χ0n) is 8.29. The van der Waals surface area contributed by atoms with Crippen molar-refractivity contribution in [2.75, 3.05) is 26.2 Å². The van der Waals surface area contributed by atoms with Crippen LogP contribution in [0, 0.1) is 5.92 Å². The van der Waals surface area contributed by atoms with Crippen LogP contribution in [0.3, 0.4) is 0 Å². The van der Waals surface area contributed by atoms with Crippen molar-refractivity contribution in [3.8, 4) is 0 Å². The van der Waals surface area contributed by atoms with E-state index < -0.39 is 0 Å². The summed E-state index contributed by atoms with van der Waals surface area (Å²) in [6.07, 6.45) is 2.26. The van der Waals surface area contributed by atoms with Crippen molar-refractivity contribution < 1.29 is 9.59 Å². The molecule has 1 heterocycles. The Balaban J connectivity index is 1.96. The van der Waals surface area contributed by atoms with Gasteiger partial charge in [-0.25, -0.2) is 0 Å². The third-order valence-corrected chi connectivity index (χ3v) is 3.03. The molecule has 0 aromatic rings. The lowest BCUT2D eigenvalue weighted by molar-refractivity contribution is -0.140. The zero-order valence-corrected chi connectivity index (χ0v) is 8.29. The standard InChI is InChI=1S/C10H16N2O2/c13-9-3-1-2-8(9)10(14)12-6-4-11-5-7-12/h8,11H,1-7H2. The fourth-order valence-corrected chi connectivity index (χ4v) is 2.18. The summed E-state index contributed by atoms with van der Waals surface area (Å²) in [4.78, 5) is 25.1. The van der Waals surface area contributed by atoms with Crippen molar-refractivity contribution in [2.45, 2.75) is 19.3 Å². The molecule has 1 unspecified atom stereocenters. The van der Waals surface area contributed by atoms with Gasteiger partial charge in [-0.1, -0.05) is 0 Å². The molecule has 2 aliphatic rings. The Hall–Kier alpha value is -0.900. The highest BCUT2D eigenvalue weighted by Crippen LogP contribution is 2.23. The number of piperazine rings is 1. The van der Waals surface area contributed by atoms with Crippen LogP contribution in [0.25, 0.3) is 0 Å². The molecule has 0 bridgehead atoms. The van der Waals surface area contributed by atoms with Crippen LogP contribution >= 0.6 is 0 Å². The smallest absolute Gasteiger partial charge is 0.233 e. The van der Waals surface area contributed by atoms with Gasteiger partial charge in [0.2, 0.25) is 5.91 Å². The minimum Gasteiger partial charge on any atom is -0.340 e. The first-order chi connectivity index (χ1) is 6.79. The van der Waals surface area contributed by atoms with Crippen LogP contribution in [0.1, 0.15) is 19.3 Å². The highest BCUT2D eigenvalue weighted by atomic mass is 16.2. The molecule has 0 spiro atoms. The summed E-state index contributed by atoms with van der Waals surface area (Å²) in [7, 11) is 0. The van der Waals surface area contributed by atoms with Crippen molar-refractivity contribution >= 4 is 11.7 Å². The number of amides is 1. The number of carbonyl (C=O) groups excluding carboxylic acids is 2. The molecule has 1 saturated heterocycles. The lowest BCUT2D eigenvalue weighted by atomic mass is 10.1. The topological polar surface area (TPSA) is 49.4 Å². The van der Waals surface area contributed by atoms with Crippen LogP contribution < -0.4 is 5.32 Å². The molecule has 1 aliphatic carbocycles. The number of hydrogen-bond acceptors (Lipinski definition) is 3. The molecule has 2 fully saturated rings. The summed E-state index contributed by atoms with van der Waals surface area (Å²) in [5, 5.41) is 3.19. The Morgan fingerprint density at radius 3 is 2.64 bits per heavy atom. The maximum absolute atomic E-state index is 11.9. The molecule has 1 atom stereocenters. The van der Waals surface area contributed by atoms with E-state index >= 15 is 0 Å². The molecular formula is C10H16N2O2. The first-order valence-electron chi connectivity index (χ1n) is 5.31. The van der Waals surface area contributed by atoms with Gasteiger partial charge in [-0.05, 0) is 12.8 Å². The highest BCUT2D eigenvalue weighted by molar-refractivity contribution is 6.02. The van der Waals surface area contributed by atoms with Gasteiger partial charge in [-0.3, -0.25) is 9.59 Å². The van der Waals surface area contributed by atoms with Gasteiger partial charge in [0.25, 0.3) is 0 Å². The quantitative estimate of drug-likeness (QED) is 0.590. The molecule has 1 aliphatic heterocycles. The Bertz CT molecular complexity index is 247. The SMILES string of the molecule is O=C1CCCC1C(=O)N1CCNCC1. The molecule has 1 N–H and O–H groups in total. The fourth-order valence-electron chi connectivity index (χ4n) is 2.18. The third kappa shape index (κ3) is 1.80. The average molecular weight is 196 g/mol. The summed E-state index contributed by atoms with van der Waals surface area (Å²) in [5.74, 6) is -0.101. The van der Waals surface area contributed by atoms with E-state index in [0.717, 1.165) is 39.0 Å². The summed E-state index contributed by atoms with van der Waals surface area (Å²) in [6.45, 7) is 3.21. The highest BCUT2D eigenvalue weighted by Gasteiger charge is 2.34. The maximum atomic E-state index is 11.9. The average Bonchev–Trinajstić information content (AvgIpc) is 2.65. The van der Waals surface area contributed by atoms with Crippen molar-refractivity contribution in [1.29, 1.82) is 0 Å². The first kappa shape index (κ1) is 9.65. The van der Waals surface area contributed by atoms with E-state index in [4.69, 9.17) is 0 Å². The number of nitrogens with zero attached hydrogens (tertiary/aromatic N) is 1. The second-order valence-corrected chi connectivity index (χ2v) is 3.99. The third-order valence-electron chi connectivity index (χ3n) is 3.03. The fraction of sp³-hybridized carbons (Fsp3) is 0.800. The van der Waals surface area contributed by atoms with Gasteiger partial charge in [0.1, 0.15) is 5.78 Å². The van der Waals surface area contributed by atoms with E-state index in [1.54, 1.807) is 0 Å². The van der Waals surface area contributed by atoms with Crippen LogP contribution in [0.15, 0.2) is 0 Å². The lowest BCUT2D eigenvalue weighted by Gasteiger charge is -2.29. The molecule has 2 rings (SSSR count). The summed E-state index contributed by atoms with van der Waals surface area (Å²) in [5.41, 5.74) is 0. The maximum Gasteiger partial charge on any atom is 0.233 e. The van der Waals surface area contributed by atoms with Crippen LogP contribution in [0.4, 0.5) is 0 Å². The van der Waals surface area contributed by atoms with Crippen molar-refractivity contribution in [2.24, 2.45) is 5.92 Å². The van der Waals surface area contributed by atoms with E-state index in [1.165, 1.54) is 0 Å². The van der Waals surface area contributed by atoms with Gasteiger partial charge in [0.15, 0.2) is 0 Å². The van der Waals surface area contributed by atoms with Gasteiger partial charge in [-0.2, -0.15) is 0 Å². The molecule has 14 heavy (non-hydrogen) atoms. The second-order valence-electron chi connectivity index (χ2n) is 3.99. The lowest BCUT2D eigenvalue weighted by Crippen LogP contribution is -2.49. The largest absolute Gasteiger partial charge is 0.340 e. The Morgan fingerprint density at radius 2 is 2.07 bits per heavy atom. The summed E-state index contributed by atoms with van der Waals surface area (Å²) < 4.78 is 0. The predicted molar refractivity (Wildman–Crippen MR) is 51.8 cm³/mol. The Labute approximate surface area is 83.6 Å². The summed E-state index contributed by atoms with van der Waals surface area (Å²) in [6, 6.07) is 0. The van der Waals surface area contributed by atoms with E-state index in [0.29, 0.717) is 6.42 Å². The zero-order chi connectivity index (χ0) is 9.97. The number of ketones is 1. The van der Waals surface area contributed by atoms with Crippen molar-refractivity contribution in [3.05, 3.63) is 0 Å². The van der Waals surface area contributed by atoms with Gasteiger partial charge < -0.3 is 10.2 Å². The van der Waals surface area contributed by atoms with Crippen molar-refractivity contribution in [3.63, 3.8) is 0 Å². The van der Waals surface area contributed by atoms with Crippen LogP contribution in [-0.4, -0.2) is 42.8 Å². The van der Waals surface area contributed by atoms with Crippen LogP contribution in [0.5, 0.6) is 0 Å². The molecular weight excluding hydrogens is 180 g/mol. The summed E-state index contributed by atoms with van der Waals surface area (Å²) >= 11 is 0. The van der Waals surface area contributed by atoms with E-state index in [-0.39, 0.29) is 17.6 Å². The van der Waals surface area contributed by atoms with Gasteiger partial charge in [0, 0.05) is 32.6 Å². The number of carbonyl (C=O) groups is 2. The number of nitrogens with one attached hydrogen (secondary N) is 1. The Morgan fingerprint density at radius 1 is 1.36 bits per heavy atom. The Kier molecular flexibility index (Phi) is 2.82. The normalized spacial score (nSPS) is 28.1. The number of hydrogen-bond donors (Lipinski definition) is 1. The van der Waals surface area contributed by atoms with E-state index in [1.807, 2.05) is 4.90 Å². The van der Waals surface area contributed by atoms with Crippen LogP contribution in [-0.2, 0) is 9.59 Å². The molecule has 4 nitrogen and oxygen atoms in total. The van der Waals surface area contributed by atoms with Gasteiger partial charge in [0.05, 0.1) is 5.92 Å². The first-order valence-corrected chi connectivity index (χ1v) is 5.31. The van der Waals surface area contributed by atoms with E-state index in [2.05, 4.69) is 5.32 Å². The van der Waals surface area contributed by atoms with Gasteiger partial charge >= 0.3 is 0 Å². The number of rotatable bonds is 1. The molecule has 0 radical (unpaired) electrons. The molecule has 1 saturated carbocycles. The second kappa shape index (κ2) is 4.09. The minimum atomic E-state index is -0.312. The van der Waals surface area contributed by atoms with E-state index in [9.17, 15) is 9.59 Å². The predicted octanol–water partition coefficient (Wildman–Crippen LogP) is -0.213. The molecule has 78 valence electrons. The van der Waals surface area contributed by atoms with Gasteiger partial charge in [-0.15, -0.1) is 0 Å². The minimum absolute atomic E-state index is 0.0639. The van der Waals surface area contributed by atoms with Crippen LogP contribution in [0.2, 0.25) is 0 Å². The molecule has 0 aromatic heterocycles. The van der Waals surface area contributed by atoms with Crippen molar-refractivity contribution in [1.82, 2.24) is 10.2 Å².